The molecule has 2 unspecified atom stereocenters. The fourth-order valence-electron chi connectivity index (χ4n) is 4.71. The van der Waals surface area contributed by atoms with E-state index in [1.165, 1.54) is 0 Å². The summed E-state index contributed by atoms with van der Waals surface area (Å²) >= 11 is 19.5. The lowest BCUT2D eigenvalue weighted by molar-refractivity contribution is 0.0696. The molecule has 2 saturated carbocycles. The minimum absolute atomic E-state index is 0.0542. The number of aromatic nitrogens is 1. The SMILES string of the molecule is [2H]C([2H])(Oc1ccc(C2CC2c2cccc(C(=O)O)c2)c(Cl)c1)c1c(-c2c(Cl)cccc2Cl)noc1C1CC1. The molecular formula is C29H22Cl3NO4. The molecule has 3 aromatic carbocycles. The smallest absolute Gasteiger partial charge is 0.335 e. The number of benzene rings is 3. The molecule has 0 spiro atoms. The van der Waals surface area contributed by atoms with Gasteiger partial charge in [-0.25, -0.2) is 4.79 Å². The van der Waals surface area contributed by atoms with E-state index in [9.17, 15) is 9.90 Å². The first-order chi connectivity index (χ1) is 18.6. The van der Waals surface area contributed by atoms with Gasteiger partial charge in [0, 0.05) is 16.5 Å². The highest BCUT2D eigenvalue weighted by molar-refractivity contribution is 6.39. The van der Waals surface area contributed by atoms with E-state index >= 15 is 0 Å². The van der Waals surface area contributed by atoms with Crippen molar-refractivity contribution in [3.05, 3.63) is 104 Å². The number of carboxylic acids is 1. The molecule has 0 aliphatic heterocycles. The summed E-state index contributed by atoms with van der Waals surface area (Å²) in [6.45, 7) is -2.32. The van der Waals surface area contributed by atoms with Crippen molar-refractivity contribution < 1.29 is 21.9 Å². The number of nitrogens with zero attached hydrogens (tertiary/aromatic N) is 1. The Morgan fingerprint density at radius 3 is 2.49 bits per heavy atom. The van der Waals surface area contributed by atoms with Crippen molar-refractivity contribution in [2.24, 2.45) is 0 Å². The minimum atomic E-state index is -2.32. The van der Waals surface area contributed by atoms with Gasteiger partial charge in [0.05, 0.1) is 23.9 Å². The third-order valence-electron chi connectivity index (χ3n) is 6.86. The van der Waals surface area contributed by atoms with Gasteiger partial charge in [-0.2, -0.15) is 0 Å². The fraction of sp³-hybridized carbons (Fsp3) is 0.241. The van der Waals surface area contributed by atoms with E-state index in [-0.39, 0.29) is 40.3 Å². The van der Waals surface area contributed by atoms with Gasteiger partial charge in [0.2, 0.25) is 0 Å². The summed E-state index contributed by atoms with van der Waals surface area (Å²) in [5.74, 6) is 0.0806. The van der Waals surface area contributed by atoms with Crippen LogP contribution in [0.5, 0.6) is 5.75 Å². The van der Waals surface area contributed by atoms with Gasteiger partial charge < -0.3 is 14.4 Å². The summed E-state index contributed by atoms with van der Waals surface area (Å²) in [4.78, 5) is 11.3. The van der Waals surface area contributed by atoms with E-state index in [0.717, 1.165) is 30.4 Å². The molecule has 8 heteroatoms. The van der Waals surface area contributed by atoms with Gasteiger partial charge in [0.1, 0.15) is 23.8 Å². The molecule has 5 nitrogen and oxygen atoms in total. The van der Waals surface area contributed by atoms with Crippen LogP contribution in [0.3, 0.4) is 0 Å². The molecule has 1 heterocycles. The van der Waals surface area contributed by atoms with Crippen molar-refractivity contribution in [3.63, 3.8) is 0 Å². The van der Waals surface area contributed by atoms with Gasteiger partial charge >= 0.3 is 5.97 Å². The quantitative estimate of drug-likeness (QED) is 0.235. The summed E-state index contributed by atoms with van der Waals surface area (Å²) in [5, 5.41) is 14.6. The predicted octanol–water partition coefficient (Wildman–Crippen LogP) is 8.73. The number of halogens is 3. The van der Waals surface area contributed by atoms with Gasteiger partial charge in [-0.15, -0.1) is 0 Å². The number of ether oxygens (including phenoxy) is 1. The predicted molar refractivity (Wildman–Crippen MR) is 143 cm³/mol. The van der Waals surface area contributed by atoms with Crippen LogP contribution >= 0.6 is 34.8 Å². The van der Waals surface area contributed by atoms with Crippen LogP contribution in [0.2, 0.25) is 15.1 Å². The Morgan fingerprint density at radius 1 is 1.03 bits per heavy atom. The largest absolute Gasteiger partial charge is 0.489 e. The van der Waals surface area contributed by atoms with Gasteiger partial charge in [0.25, 0.3) is 0 Å². The maximum Gasteiger partial charge on any atom is 0.335 e. The van der Waals surface area contributed by atoms with Crippen molar-refractivity contribution in [2.45, 2.75) is 43.6 Å². The molecule has 2 aliphatic rings. The van der Waals surface area contributed by atoms with E-state index in [1.54, 1.807) is 48.5 Å². The highest BCUT2D eigenvalue weighted by Gasteiger charge is 2.41. The highest BCUT2D eigenvalue weighted by atomic mass is 35.5. The topological polar surface area (TPSA) is 72.6 Å². The van der Waals surface area contributed by atoms with Crippen molar-refractivity contribution in [3.8, 4) is 17.0 Å². The van der Waals surface area contributed by atoms with E-state index in [0.29, 0.717) is 26.4 Å². The third-order valence-corrected chi connectivity index (χ3v) is 7.82. The highest BCUT2D eigenvalue weighted by Crippen LogP contribution is 2.56. The van der Waals surface area contributed by atoms with Crippen LogP contribution in [0.1, 0.15) is 72.6 Å². The maximum absolute atomic E-state index is 11.3. The van der Waals surface area contributed by atoms with Crippen LogP contribution in [0.15, 0.2) is 65.2 Å². The summed E-state index contributed by atoms with van der Waals surface area (Å²) < 4.78 is 29.3. The average Bonchev–Trinajstić information content (AvgIpc) is 3.82. The van der Waals surface area contributed by atoms with Gasteiger partial charge in [-0.3, -0.25) is 0 Å². The van der Waals surface area contributed by atoms with Crippen molar-refractivity contribution in [1.82, 2.24) is 5.16 Å². The zero-order valence-corrected chi connectivity index (χ0v) is 21.6. The summed E-state index contributed by atoms with van der Waals surface area (Å²) in [6, 6.07) is 17.1. The lowest BCUT2D eigenvalue weighted by Gasteiger charge is -2.11. The monoisotopic (exact) mass is 555 g/mol. The number of hydrogen-bond acceptors (Lipinski definition) is 4. The Morgan fingerprint density at radius 2 is 1.78 bits per heavy atom. The fourth-order valence-corrected chi connectivity index (χ4v) is 5.60. The lowest BCUT2D eigenvalue weighted by Crippen LogP contribution is -2.00. The van der Waals surface area contributed by atoms with E-state index in [4.69, 9.17) is 46.8 Å². The third kappa shape index (κ3) is 4.84. The van der Waals surface area contributed by atoms with Crippen LogP contribution < -0.4 is 4.74 Å². The summed E-state index contributed by atoms with van der Waals surface area (Å²) in [6.07, 6.45) is 2.58. The number of aromatic carboxylic acids is 1. The molecule has 2 atom stereocenters. The van der Waals surface area contributed by atoms with Crippen molar-refractivity contribution >= 4 is 40.8 Å². The Hall–Kier alpha value is -2.99. The van der Waals surface area contributed by atoms with Gasteiger partial charge in [-0.1, -0.05) is 64.2 Å². The van der Waals surface area contributed by atoms with Crippen LogP contribution in [-0.2, 0) is 6.56 Å². The van der Waals surface area contributed by atoms with Crippen molar-refractivity contribution in [2.75, 3.05) is 0 Å². The first kappa shape index (κ1) is 22.0. The maximum atomic E-state index is 11.3. The Kier molecular flexibility index (Phi) is 5.78. The molecule has 0 radical (unpaired) electrons. The molecule has 4 aromatic rings. The van der Waals surface area contributed by atoms with Crippen LogP contribution in [0.25, 0.3) is 11.3 Å². The Balaban J connectivity index is 1.28. The van der Waals surface area contributed by atoms with E-state index in [2.05, 4.69) is 5.16 Å². The summed E-state index contributed by atoms with van der Waals surface area (Å²) in [7, 11) is 0. The number of rotatable bonds is 8. The zero-order chi connectivity index (χ0) is 27.5. The molecule has 1 N–H and O–H groups in total. The first-order valence-corrected chi connectivity index (χ1v) is 13.0. The lowest BCUT2D eigenvalue weighted by atomic mass is 10.0. The first-order valence-electron chi connectivity index (χ1n) is 12.9. The van der Waals surface area contributed by atoms with Crippen LogP contribution in [0, 0.1) is 0 Å². The van der Waals surface area contributed by atoms with Gasteiger partial charge in [0.15, 0.2) is 0 Å². The Bertz CT molecular complexity index is 1580. The molecule has 37 heavy (non-hydrogen) atoms. The van der Waals surface area contributed by atoms with Gasteiger partial charge in [-0.05, 0) is 78.6 Å². The molecule has 2 fully saturated rings. The average molecular weight is 557 g/mol. The van der Waals surface area contributed by atoms with Crippen LogP contribution in [-0.4, -0.2) is 16.2 Å². The molecule has 188 valence electrons. The number of carboxylic acid groups (broad SMARTS) is 1. The second-order valence-corrected chi connectivity index (χ2v) is 10.6. The van der Waals surface area contributed by atoms with Crippen LogP contribution in [0.4, 0.5) is 0 Å². The number of hydrogen-bond donors (Lipinski definition) is 1. The molecule has 0 bridgehead atoms. The molecule has 6 rings (SSSR count). The van der Waals surface area contributed by atoms with Crippen molar-refractivity contribution in [1.29, 1.82) is 0 Å². The standard InChI is InChI=1S/C29H22Cl3NO4/c30-23-5-2-6-24(31)26(23)27-22(28(37-33-27)15-7-8-15)14-36-18-9-10-19(25(32)12-18)21-13-20(21)16-3-1-4-17(11-16)29(34)35/h1-6,9-12,15,20-21H,7-8,13-14H2,(H,34,35)/i14D2. The van der Waals surface area contributed by atoms with E-state index in [1.807, 2.05) is 12.1 Å². The molecule has 2 aliphatic carbocycles. The summed E-state index contributed by atoms with van der Waals surface area (Å²) in [5.41, 5.74) is 2.89. The second-order valence-electron chi connectivity index (χ2n) is 9.41. The number of carbonyl (C=O) groups is 1. The Labute approximate surface area is 231 Å². The normalized spacial score (nSPS) is 19.8. The molecule has 0 amide bonds. The minimum Gasteiger partial charge on any atom is -0.489 e. The molecule has 0 saturated heterocycles. The molecule has 1 aromatic heterocycles. The second kappa shape index (κ2) is 9.71. The van der Waals surface area contributed by atoms with E-state index < -0.39 is 12.5 Å². The zero-order valence-electron chi connectivity index (χ0n) is 21.4. The molecular weight excluding hydrogens is 533 g/mol.